The van der Waals surface area contributed by atoms with Gasteiger partial charge in [0.2, 0.25) is 5.88 Å². The summed E-state index contributed by atoms with van der Waals surface area (Å²) in [6.45, 7) is 8.17. The number of carbonyl (C=O) groups is 1. The van der Waals surface area contributed by atoms with Crippen molar-refractivity contribution in [3.63, 3.8) is 0 Å². The van der Waals surface area contributed by atoms with Crippen molar-refractivity contribution in [3.8, 4) is 5.88 Å². The van der Waals surface area contributed by atoms with Crippen LogP contribution < -0.4 is 10.1 Å². The minimum absolute atomic E-state index is 0.0225. The summed E-state index contributed by atoms with van der Waals surface area (Å²) in [5, 5.41) is 5.44. The molecule has 0 aromatic carbocycles. The van der Waals surface area contributed by atoms with E-state index < -0.39 is 5.60 Å². The van der Waals surface area contributed by atoms with Gasteiger partial charge in [-0.15, -0.1) is 0 Å². The van der Waals surface area contributed by atoms with E-state index in [0.29, 0.717) is 29.0 Å². The molecule has 0 radical (unpaired) electrons. The van der Waals surface area contributed by atoms with Crippen molar-refractivity contribution < 1.29 is 14.3 Å². The van der Waals surface area contributed by atoms with E-state index in [-0.39, 0.29) is 18.0 Å². The number of hydrogen-bond donors (Lipinski definition) is 1. The number of cyclic esters (lactones) is 1. The average Bonchev–Trinajstić information content (AvgIpc) is 3.72. The summed E-state index contributed by atoms with van der Waals surface area (Å²) in [6.07, 6.45) is 8.83. The predicted molar refractivity (Wildman–Crippen MR) is 130 cm³/mol. The molecule has 34 heavy (non-hydrogen) atoms. The van der Waals surface area contributed by atoms with E-state index in [4.69, 9.17) is 14.5 Å². The summed E-state index contributed by atoms with van der Waals surface area (Å²) in [5.41, 5.74) is 1.91. The van der Waals surface area contributed by atoms with Crippen molar-refractivity contribution in [2.45, 2.75) is 76.9 Å². The highest BCUT2D eigenvalue weighted by Crippen LogP contribution is 2.45. The fourth-order valence-corrected chi connectivity index (χ4v) is 4.74. The molecule has 1 aliphatic heterocycles. The molecule has 0 amide bonds. The number of rotatable bonds is 6. The third-order valence-electron chi connectivity index (χ3n) is 7.60. The molecule has 0 bridgehead atoms. The van der Waals surface area contributed by atoms with Crippen LogP contribution in [0.1, 0.15) is 86.8 Å². The highest BCUT2D eigenvalue weighted by atomic mass is 16.6. The van der Waals surface area contributed by atoms with Gasteiger partial charge in [0.25, 0.3) is 0 Å². The van der Waals surface area contributed by atoms with Crippen molar-refractivity contribution in [1.29, 1.82) is 0 Å². The van der Waals surface area contributed by atoms with Gasteiger partial charge < -0.3 is 14.8 Å². The summed E-state index contributed by atoms with van der Waals surface area (Å²) >= 11 is 0. The molecule has 3 aromatic heterocycles. The van der Waals surface area contributed by atoms with Crippen LogP contribution in [0.3, 0.4) is 0 Å². The maximum Gasteiger partial charge on any atom is 0.340 e. The second-order valence-corrected chi connectivity index (χ2v) is 10.5. The Morgan fingerprint density at radius 2 is 1.88 bits per heavy atom. The molecule has 176 valence electrons. The normalized spacial score (nSPS) is 22.1. The number of carbonyl (C=O) groups excluding carboxylic acids is 1. The van der Waals surface area contributed by atoms with E-state index in [0.717, 1.165) is 35.2 Å². The van der Waals surface area contributed by atoms with E-state index in [2.05, 4.69) is 28.3 Å². The first-order valence-corrected chi connectivity index (χ1v) is 12.3. The van der Waals surface area contributed by atoms with Gasteiger partial charge >= 0.3 is 5.97 Å². The quantitative estimate of drug-likeness (QED) is 0.462. The van der Waals surface area contributed by atoms with Crippen LogP contribution in [-0.2, 0) is 4.74 Å². The Morgan fingerprint density at radius 1 is 1.09 bits per heavy atom. The number of aromatic nitrogens is 3. The molecule has 3 aliphatic rings. The van der Waals surface area contributed by atoms with Crippen LogP contribution in [0.2, 0.25) is 0 Å². The zero-order valence-electron chi connectivity index (χ0n) is 20.1. The maximum absolute atomic E-state index is 12.4. The molecule has 4 heterocycles. The Balaban J connectivity index is 1.37. The third-order valence-corrected chi connectivity index (χ3v) is 7.60. The Labute approximate surface area is 199 Å². The highest BCUT2D eigenvalue weighted by Gasteiger charge is 2.40. The number of hydrogen-bond acceptors (Lipinski definition) is 7. The zero-order valence-corrected chi connectivity index (χ0v) is 20.1. The summed E-state index contributed by atoms with van der Waals surface area (Å²) in [7, 11) is 0. The van der Waals surface area contributed by atoms with Crippen molar-refractivity contribution in [3.05, 3.63) is 47.4 Å². The van der Waals surface area contributed by atoms with Gasteiger partial charge in [-0.2, -0.15) is 0 Å². The second-order valence-electron chi connectivity index (χ2n) is 10.5. The first kappa shape index (κ1) is 21.3. The van der Waals surface area contributed by atoms with Crippen LogP contribution in [-0.4, -0.2) is 32.6 Å². The van der Waals surface area contributed by atoms with E-state index in [9.17, 15) is 4.79 Å². The lowest BCUT2D eigenvalue weighted by atomic mass is 9.84. The number of fused-ring (bicyclic) bond motifs is 2. The SMILES string of the molecule is CC(c1cnc(OC2CC2)c2cnc(Nc3ccc4c(n3)C(C)C(C)(C)OC4=O)cc12)C1CC1. The van der Waals surface area contributed by atoms with Gasteiger partial charge in [0.1, 0.15) is 23.3 Å². The van der Waals surface area contributed by atoms with E-state index in [1.165, 1.54) is 18.4 Å². The first-order valence-electron chi connectivity index (χ1n) is 12.3. The Bertz CT molecular complexity index is 1300. The molecule has 7 heteroatoms. The zero-order chi connectivity index (χ0) is 23.6. The van der Waals surface area contributed by atoms with Gasteiger partial charge in [0, 0.05) is 18.3 Å². The molecular formula is C27H30N4O3. The molecule has 2 aliphatic carbocycles. The lowest BCUT2D eigenvalue weighted by Gasteiger charge is -2.36. The maximum atomic E-state index is 12.4. The first-order chi connectivity index (χ1) is 16.3. The fraction of sp³-hybridized carbons (Fsp3) is 0.481. The molecule has 7 nitrogen and oxygen atoms in total. The van der Waals surface area contributed by atoms with Gasteiger partial charge in [-0.3, -0.25) is 0 Å². The molecule has 2 fully saturated rings. The second kappa shape index (κ2) is 7.65. The van der Waals surface area contributed by atoms with Gasteiger partial charge in [0.05, 0.1) is 16.6 Å². The monoisotopic (exact) mass is 458 g/mol. The van der Waals surface area contributed by atoms with Gasteiger partial charge in [-0.05, 0) is 80.5 Å². The molecule has 6 rings (SSSR count). The van der Waals surface area contributed by atoms with Gasteiger partial charge in [-0.25, -0.2) is 19.7 Å². The average molecular weight is 459 g/mol. The van der Waals surface area contributed by atoms with E-state index >= 15 is 0 Å². The van der Waals surface area contributed by atoms with Gasteiger partial charge in [0.15, 0.2) is 0 Å². The number of anilines is 2. The minimum atomic E-state index is -0.601. The Hall–Kier alpha value is -3.22. The fourth-order valence-electron chi connectivity index (χ4n) is 4.74. The van der Waals surface area contributed by atoms with Gasteiger partial charge in [-0.1, -0.05) is 13.8 Å². The van der Waals surface area contributed by atoms with Crippen molar-refractivity contribution in [1.82, 2.24) is 15.0 Å². The highest BCUT2D eigenvalue weighted by molar-refractivity contribution is 5.93. The molecule has 1 N–H and O–H groups in total. The van der Waals surface area contributed by atoms with Crippen molar-refractivity contribution >= 4 is 28.4 Å². The minimum Gasteiger partial charge on any atom is -0.474 e. The molecule has 0 saturated heterocycles. The number of ether oxygens (including phenoxy) is 2. The van der Waals surface area contributed by atoms with Crippen LogP contribution in [0, 0.1) is 5.92 Å². The molecular weight excluding hydrogens is 428 g/mol. The lowest BCUT2D eigenvalue weighted by Crippen LogP contribution is -2.39. The number of pyridine rings is 3. The largest absolute Gasteiger partial charge is 0.474 e. The number of nitrogens with one attached hydrogen (secondary N) is 1. The Morgan fingerprint density at radius 3 is 2.62 bits per heavy atom. The standard InChI is InChI=1S/C27H30N4O3/c1-14(16-5-6-16)20-12-29-25(33-17-7-8-17)21-13-28-23(11-19(20)21)30-22-10-9-18-24(31-22)15(2)27(3,4)34-26(18)32/h9-17H,5-8H2,1-4H3,(H,28,30,31). The smallest absolute Gasteiger partial charge is 0.340 e. The summed E-state index contributed by atoms with van der Waals surface area (Å²) in [6, 6.07) is 5.67. The van der Waals surface area contributed by atoms with Crippen LogP contribution >= 0.6 is 0 Å². The number of nitrogens with zero attached hydrogens (tertiary/aromatic N) is 3. The predicted octanol–water partition coefficient (Wildman–Crippen LogP) is 5.88. The van der Waals surface area contributed by atoms with Crippen LogP contribution in [0.25, 0.3) is 10.8 Å². The Kier molecular flexibility index (Phi) is 4.80. The lowest BCUT2D eigenvalue weighted by molar-refractivity contribution is -0.0189. The topological polar surface area (TPSA) is 86.2 Å². The molecule has 3 aromatic rings. The molecule has 2 atom stereocenters. The summed E-state index contributed by atoms with van der Waals surface area (Å²) in [4.78, 5) is 26.5. The molecule has 0 spiro atoms. The molecule has 2 saturated carbocycles. The third kappa shape index (κ3) is 3.77. The summed E-state index contributed by atoms with van der Waals surface area (Å²) in [5.74, 6) is 2.85. The number of esters is 1. The van der Waals surface area contributed by atoms with E-state index in [1.54, 1.807) is 12.1 Å². The summed E-state index contributed by atoms with van der Waals surface area (Å²) < 4.78 is 11.7. The van der Waals surface area contributed by atoms with Crippen molar-refractivity contribution in [2.24, 2.45) is 5.92 Å². The van der Waals surface area contributed by atoms with Crippen LogP contribution in [0.4, 0.5) is 11.6 Å². The van der Waals surface area contributed by atoms with Crippen LogP contribution in [0.15, 0.2) is 30.6 Å². The van der Waals surface area contributed by atoms with Crippen LogP contribution in [0.5, 0.6) is 5.88 Å². The van der Waals surface area contributed by atoms with Crippen molar-refractivity contribution in [2.75, 3.05) is 5.32 Å². The molecule has 2 unspecified atom stereocenters. The van der Waals surface area contributed by atoms with E-state index in [1.807, 2.05) is 33.2 Å².